The molecule has 2 aliphatic carbocycles. The van der Waals surface area contributed by atoms with Gasteiger partial charge in [0.15, 0.2) is 0 Å². The number of rotatable bonds is 8. The highest BCUT2D eigenvalue weighted by atomic mass is 19.4. The van der Waals surface area contributed by atoms with Gasteiger partial charge in [-0.2, -0.15) is 13.2 Å². The maximum absolute atomic E-state index is 13.0. The second-order valence-corrected chi connectivity index (χ2v) is 10.5. The van der Waals surface area contributed by atoms with E-state index >= 15 is 0 Å². The van der Waals surface area contributed by atoms with E-state index in [1.54, 1.807) is 12.2 Å². The molecule has 0 amide bonds. The highest BCUT2D eigenvalue weighted by molar-refractivity contribution is 5.96. The van der Waals surface area contributed by atoms with Crippen molar-refractivity contribution >= 4 is 11.7 Å². The summed E-state index contributed by atoms with van der Waals surface area (Å²) in [6, 6.07) is 0.435. The molecule has 2 heterocycles. The number of aliphatic imine (C=N–C) groups is 1. The Morgan fingerprint density at radius 1 is 1.22 bits per heavy atom. The molecule has 0 aromatic heterocycles. The van der Waals surface area contributed by atoms with Crippen molar-refractivity contribution in [1.29, 1.82) is 0 Å². The smallest absolute Gasteiger partial charge is 0.392 e. The van der Waals surface area contributed by atoms with Crippen LogP contribution in [0.1, 0.15) is 58.8 Å². The maximum atomic E-state index is 13.0. The van der Waals surface area contributed by atoms with E-state index in [1.165, 1.54) is 5.57 Å². The lowest BCUT2D eigenvalue weighted by Gasteiger charge is -2.42. The normalized spacial score (nSPS) is 26.6. The number of carbonyl (C=O) groups is 1. The number of esters is 1. The number of ether oxygens (including phenoxy) is 1. The Morgan fingerprint density at radius 2 is 2.00 bits per heavy atom. The third kappa shape index (κ3) is 6.38. The third-order valence-corrected chi connectivity index (χ3v) is 7.98. The van der Waals surface area contributed by atoms with E-state index in [0.717, 1.165) is 50.8 Å². The fourth-order valence-corrected chi connectivity index (χ4v) is 5.72. The van der Waals surface area contributed by atoms with Crippen LogP contribution in [0.5, 0.6) is 0 Å². The molecule has 0 radical (unpaired) electrons. The van der Waals surface area contributed by atoms with E-state index in [0.29, 0.717) is 37.0 Å². The summed E-state index contributed by atoms with van der Waals surface area (Å²) < 4.78 is 44.9. The molecule has 0 aromatic rings. The average molecular weight is 506 g/mol. The van der Waals surface area contributed by atoms with Crippen LogP contribution in [0.25, 0.3) is 0 Å². The maximum Gasteiger partial charge on any atom is 0.392 e. The van der Waals surface area contributed by atoms with Crippen LogP contribution in [0.3, 0.4) is 0 Å². The van der Waals surface area contributed by atoms with Crippen molar-refractivity contribution in [3.63, 3.8) is 0 Å². The molecule has 4 rings (SSSR count). The van der Waals surface area contributed by atoms with Gasteiger partial charge in [0.05, 0.1) is 12.5 Å². The standard InChI is InChI=1S/C28H38F3N3O2/c1-20(17-22-7-4-3-5-8-22)34-15-11-27(12-16-34)25(21(2)26(35)36-27)19-32-13-14-33-24-10-6-9-23(18-24)28(29,30)31/h4,6-8,10,20,23,32H,3,5,9,11-19H2,1-2H3. The molecule has 2 aliphatic heterocycles. The predicted molar refractivity (Wildman–Crippen MR) is 136 cm³/mol. The number of allylic oxidation sites excluding steroid dienone is 5. The molecule has 1 saturated heterocycles. The number of hydrogen-bond acceptors (Lipinski definition) is 5. The van der Waals surface area contributed by atoms with E-state index in [1.807, 2.05) is 6.92 Å². The van der Waals surface area contributed by atoms with E-state index in [4.69, 9.17) is 4.74 Å². The minimum atomic E-state index is -4.19. The van der Waals surface area contributed by atoms with Gasteiger partial charge >= 0.3 is 12.1 Å². The van der Waals surface area contributed by atoms with Crippen molar-refractivity contribution in [3.05, 3.63) is 47.1 Å². The zero-order valence-electron chi connectivity index (χ0n) is 21.4. The second kappa shape index (κ2) is 11.5. The predicted octanol–water partition coefficient (Wildman–Crippen LogP) is 5.31. The van der Waals surface area contributed by atoms with Crippen molar-refractivity contribution in [3.8, 4) is 0 Å². The van der Waals surface area contributed by atoms with Crippen molar-refractivity contribution < 1.29 is 22.7 Å². The van der Waals surface area contributed by atoms with Gasteiger partial charge in [-0.05, 0) is 51.2 Å². The zero-order valence-corrected chi connectivity index (χ0v) is 21.4. The number of alkyl halides is 3. The third-order valence-electron chi connectivity index (χ3n) is 7.98. The summed E-state index contributed by atoms with van der Waals surface area (Å²) in [7, 11) is 0. The summed E-state index contributed by atoms with van der Waals surface area (Å²) in [6.45, 7) is 7.30. The molecule has 4 aliphatic rings. The quantitative estimate of drug-likeness (QED) is 0.359. The largest absolute Gasteiger partial charge is 0.451 e. The van der Waals surface area contributed by atoms with Crippen molar-refractivity contribution in [2.75, 3.05) is 32.7 Å². The lowest BCUT2D eigenvalue weighted by Crippen LogP contribution is -2.50. The molecule has 0 aromatic carbocycles. The molecule has 5 nitrogen and oxygen atoms in total. The molecule has 0 saturated carbocycles. The first kappa shape index (κ1) is 26.9. The number of piperidine rings is 1. The Balaban J connectivity index is 1.27. The number of halogens is 3. The van der Waals surface area contributed by atoms with Gasteiger partial charge < -0.3 is 15.0 Å². The van der Waals surface area contributed by atoms with Gasteiger partial charge in [0.25, 0.3) is 0 Å². The van der Waals surface area contributed by atoms with E-state index in [2.05, 4.69) is 40.4 Å². The van der Waals surface area contributed by atoms with Crippen LogP contribution in [0.15, 0.2) is 52.1 Å². The molecule has 198 valence electrons. The minimum Gasteiger partial charge on any atom is -0.451 e. The first-order valence-corrected chi connectivity index (χ1v) is 13.2. The highest BCUT2D eigenvalue weighted by Gasteiger charge is 2.48. The number of nitrogens with zero attached hydrogens (tertiary/aromatic N) is 2. The van der Waals surface area contributed by atoms with Gasteiger partial charge in [0.2, 0.25) is 0 Å². The monoisotopic (exact) mass is 505 g/mol. The Bertz CT molecular complexity index is 969. The number of nitrogens with one attached hydrogen (secondary N) is 1. The Hall–Kier alpha value is -2.19. The summed E-state index contributed by atoms with van der Waals surface area (Å²) in [5, 5.41) is 3.35. The molecule has 36 heavy (non-hydrogen) atoms. The van der Waals surface area contributed by atoms with Crippen molar-refractivity contribution in [2.24, 2.45) is 10.9 Å². The SMILES string of the molecule is CC1=C(CNCCN=C2C=CCC(C(F)(F)F)C2)C2(CCN(C(C)CC3=CCCC=C3)CC2)OC1=O. The van der Waals surface area contributed by atoms with Crippen molar-refractivity contribution in [2.45, 2.75) is 76.6 Å². The minimum absolute atomic E-state index is 0.0232. The lowest BCUT2D eigenvalue weighted by atomic mass is 9.82. The summed E-state index contributed by atoms with van der Waals surface area (Å²) in [4.78, 5) is 19.3. The van der Waals surface area contributed by atoms with Crippen LogP contribution in [-0.2, 0) is 9.53 Å². The summed E-state index contributed by atoms with van der Waals surface area (Å²) in [6.07, 6.45) is 10.7. The second-order valence-electron chi connectivity index (χ2n) is 10.5. The number of hydrogen-bond donors (Lipinski definition) is 1. The van der Waals surface area contributed by atoms with Crippen LogP contribution in [0.4, 0.5) is 13.2 Å². The zero-order chi connectivity index (χ0) is 25.8. The Morgan fingerprint density at radius 3 is 2.69 bits per heavy atom. The molecule has 2 unspecified atom stereocenters. The van der Waals surface area contributed by atoms with Gasteiger partial charge in [-0.1, -0.05) is 29.9 Å². The fraction of sp³-hybridized carbons (Fsp3) is 0.643. The molecule has 1 spiro atoms. The van der Waals surface area contributed by atoms with Crippen LogP contribution >= 0.6 is 0 Å². The molecule has 0 bridgehead atoms. The Kier molecular flexibility index (Phi) is 8.56. The van der Waals surface area contributed by atoms with E-state index in [9.17, 15) is 18.0 Å². The molecule has 1 N–H and O–H groups in total. The van der Waals surface area contributed by atoms with Crippen LogP contribution in [0.2, 0.25) is 0 Å². The average Bonchev–Trinajstić information content (AvgIpc) is 3.08. The number of likely N-dealkylation sites (tertiary alicyclic amines) is 1. The van der Waals surface area contributed by atoms with E-state index < -0.39 is 17.7 Å². The first-order chi connectivity index (χ1) is 17.2. The van der Waals surface area contributed by atoms with Crippen LogP contribution in [-0.4, -0.2) is 67.1 Å². The summed E-state index contributed by atoms with van der Waals surface area (Å²) in [5.41, 5.74) is 3.05. The van der Waals surface area contributed by atoms with Gasteiger partial charge in [-0.15, -0.1) is 0 Å². The Labute approximate surface area is 212 Å². The topological polar surface area (TPSA) is 53.9 Å². The van der Waals surface area contributed by atoms with E-state index in [-0.39, 0.29) is 18.8 Å². The first-order valence-electron chi connectivity index (χ1n) is 13.2. The van der Waals surface area contributed by atoms with Gasteiger partial charge in [0, 0.05) is 62.8 Å². The van der Waals surface area contributed by atoms with Crippen LogP contribution in [0, 0.1) is 5.92 Å². The van der Waals surface area contributed by atoms with Gasteiger partial charge in [-0.25, -0.2) is 4.79 Å². The number of carbonyl (C=O) groups excluding carboxylic acids is 1. The highest BCUT2D eigenvalue weighted by Crippen LogP contribution is 2.41. The summed E-state index contributed by atoms with van der Waals surface area (Å²) in [5.74, 6) is -1.58. The van der Waals surface area contributed by atoms with Crippen molar-refractivity contribution in [1.82, 2.24) is 10.2 Å². The molecule has 8 heteroatoms. The molecular formula is C28H38F3N3O2. The van der Waals surface area contributed by atoms with Gasteiger partial charge in [0.1, 0.15) is 5.60 Å². The molecular weight excluding hydrogens is 467 g/mol. The van der Waals surface area contributed by atoms with Crippen LogP contribution < -0.4 is 5.32 Å². The molecule has 1 fully saturated rings. The summed E-state index contributed by atoms with van der Waals surface area (Å²) >= 11 is 0. The molecule has 2 atom stereocenters. The lowest BCUT2D eigenvalue weighted by molar-refractivity contribution is -0.171. The van der Waals surface area contributed by atoms with Gasteiger partial charge in [-0.3, -0.25) is 4.99 Å². The fourth-order valence-electron chi connectivity index (χ4n) is 5.72.